The van der Waals surface area contributed by atoms with Crippen LogP contribution in [0.1, 0.15) is 43.7 Å². The number of carboxylic acids is 1. The molecule has 0 bridgehead atoms. The molecule has 2 aliphatic rings. The van der Waals surface area contributed by atoms with Gasteiger partial charge in [-0.1, -0.05) is 77.6 Å². The first kappa shape index (κ1) is 36.9. The summed E-state index contributed by atoms with van der Waals surface area (Å²) in [4.78, 5) is 64.4. The minimum atomic E-state index is -1.85. The molecule has 0 saturated carbocycles. The maximum absolute atomic E-state index is 14.1. The number of benzene rings is 2. The normalized spacial score (nSPS) is 18.3. The second-order valence-electron chi connectivity index (χ2n) is 11.8. The Hall–Kier alpha value is -4.42. The molecule has 0 aliphatic carbocycles. The SMILES string of the molecule is COCSC1=C(C(=O)OC(c2ccccc2)c2ccccc2)N2C(=O)[C@@H](NC(=O)C(=NOC(OC(C)(C)C)C(=O)O)c3csc(N)n3)[C@H]2SC1. The fourth-order valence-corrected chi connectivity index (χ4v) is 7.78. The van der Waals surface area contributed by atoms with Crippen LogP contribution in [0.3, 0.4) is 0 Å². The number of carbonyl (C=O) groups is 4. The van der Waals surface area contributed by atoms with Gasteiger partial charge in [0.25, 0.3) is 11.8 Å². The Labute approximate surface area is 300 Å². The number of esters is 1. The van der Waals surface area contributed by atoms with E-state index in [4.69, 9.17) is 24.8 Å². The van der Waals surface area contributed by atoms with Crippen LogP contribution in [0.5, 0.6) is 0 Å². The molecular formula is C33H35N5O9S3. The van der Waals surface area contributed by atoms with Crippen LogP contribution >= 0.6 is 34.9 Å². The summed E-state index contributed by atoms with van der Waals surface area (Å²) in [6.07, 6.45) is -2.60. The molecule has 264 valence electrons. The maximum Gasteiger partial charge on any atom is 0.376 e. The Morgan fingerprint density at radius 3 is 2.30 bits per heavy atom. The van der Waals surface area contributed by atoms with Gasteiger partial charge in [0.2, 0.25) is 0 Å². The minimum absolute atomic E-state index is 0.0000958. The van der Waals surface area contributed by atoms with Gasteiger partial charge in [0.05, 0.1) is 11.5 Å². The summed E-state index contributed by atoms with van der Waals surface area (Å²) in [7, 11) is 1.53. The van der Waals surface area contributed by atoms with E-state index in [0.717, 1.165) is 22.5 Å². The van der Waals surface area contributed by atoms with Crippen LogP contribution in [-0.4, -0.2) is 86.6 Å². The predicted octanol–water partition coefficient (Wildman–Crippen LogP) is 3.95. The molecule has 0 spiro atoms. The molecule has 1 saturated heterocycles. The maximum atomic E-state index is 14.1. The number of nitrogens with two attached hydrogens (primary N) is 1. The molecule has 3 heterocycles. The molecule has 14 nitrogen and oxygen atoms in total. The van der Waals surface area contributed by atoms with Crippen LogP contribution in [0.2, 0.25) is 0 Å². The molecule has 3 atom stereocenters. The number of aromatic nitrogens is 1. The number of carboxylic acid groups (broad SMARTS) is 1. The lowest BCUT2D eigenvalue weighted by molar-refractivity contribution is -0.214. The summed E-state index contributed by atoms with van der Waals surface area (Å²) < 4.78 is 16.8. The fourth-order valence-electron chi connectivity index (χ4n) is 4.92. The van der Waals surface area contributed by atoms with E-state index >= 15 is 0 Å². The first-order valence-electron chi connectivity index (χ1n) is 15.1. The van der Waals surface area contributed by atoms with Gasteiger partial charge < -0.3 is 35.2 Å². The van der Waals surface area contributed by atoms with Gasteiger partial charge in [-0.15, -0.1) is 23.1 Å². The van der Waals surface area contributed by atoms with Gasteiger partial charge in [-0.3, -0.25) is 14.5 Å². The van der Waals surface area contributed by atoms with E-state index in [2.05, 4.69) is 15.5 Å². The number of nitrogens with one attached hydrogen (secondary N) is 1. The highest BCUT2D eigenvalue weighted by Crippen LogP contribution is 2.44. The Kier molecular flexibility index (Phi) is 11.8. The van der Waals surface area contributed by atoms with Crippen LogP contribution in [0.15, 0.2) is 81.8 Å². The van der Waals surface area contributed by atoms with Crippen molar-refractivity contribution in [1.82, 2.24) is 15.2 Å². The molecule has 1 aromatic heterocycles. The van der Waals surface area contributed by atoms with E-state index in [1.807, 2.05) is 60.7 Å². The van der Waals surface area contributed by atoms with Gasteiger partial charge >= 0.3 is 18.2 Å². The number of oxime groups is 1. The van der Waals surface area contributed by atoms with E-state index in [-0.39, 0.29) is 22.5 Å². The predicted molar refractivity (Wildman–Crippen MR) is 189 cm³/mol. The fraction of sp³-hybridized carbons (Fsp3) is 0.333. The van der Waals surface area contributed by atoms with Crippen molar-refractivity contribution in [1.29, 1.82) is 0 Å². The summed E-state index contributed by atoms with van der Waals surface area (Å²) in [5.74, 6) is -3.07. The van der Waals surface area contributed by atoms with Crippen LogP contribution in [-0.2, 0) is 38.2 Å². The van der Waals surface area contributed by atoms with Gasteiger partial charge in [0.15, 0.2) is 16.9 Å². The van der Waals surface area contributed by atoms with E-state index < -0.39 is 58.9 Å². The molecular weight excluding hydrogens is 707 g/mol. The highest BCUT2D eigenvalue weighted by atomic mass is 32.2. The zero-order valence-electron chi connectivity index (χ0n) is 27.4. The minimum Gasteiger partial charge on any atom is -0.477 e. The molecule has 17 heteroatoms. The number of amides is 2. The summed E-state index contributed by atoms with van der Waals surface area (Å²) >= 11 is 3.64. The molecule has 2 aromatic carbocycles. The number of nitrogen functional groups attached to an aromatic ring is 1. The van der Waals surface area contributed by atoms with Gasteiger partial charge in [0, 0.05) is 23.1 Å². The molecule has 5 rings (SSSR count). The summed E-state index contributed by atoms with van der Waals surface area (Å²) in [5.41, 5.74) is 6.01. The summed E-state index contributed by atoms with van der Waals surface area (Å²) in [6, 6.07) is 17.4. The smallest absolute Gasteiger partial charge is 0.376 e. The quantitative estimate of drug-likeness (QED) is 0.0708. The number of hydrogen-bond acceptors (Lipinski definition) is 14. The average Bonchev–Trinajstić information content (AvgIpc) is 3.53. The lowest BCUT2D eigenvalue weighted by atomic mass is 10.0. The number of hydrogen-bond donors (Lipinski definition) is 3. The van der Waals surface area contributed by atoms with Crippen molar-refractivity contribution >= 4 is 69.5 Å². The Bertz CT molecular complexity index is 1740. The van der Waals surface area contributed by atoms with Crippen molar-refractivity contribution in [2.75, 3.05) is 24.5 Å². The van der Waals surface area contributed by atoms with Crippen molar-refractivity contribution in [3.63, 3.8) is 0 Å². The molecule has 2 aliphatic heterocycles. The number of nitrogens with zero attached hydrogens (tertiary/aromatic N) is 3. The topological polar surface area (TPSA) is 192 Å². The molecule has 1 fully saturated rings. The molecule has 3 aromatic rings. The second-order valence-corrected chi connectivity index (χ2v) is 14.8. The summed E-state index contributed by atoms with van der Waals surface area (Å²) in [6.45, 7) is 4.88. The van der Waals surface area contributed by atoms with Crippen LogP contribution in [0, 0.1) is 0 Å². The van der Waals surface area contributed by atoms with Crippen molar-refractivity contribution in [2.45, 2.75) is 50.2 Å². The Morgan fingerprint density at radius 1 is 1.12 bits per heavy atom. The van der Waals surface area contributed by atoms with Gasteiger partial charge in [-0.2, -0.15) is 0 Å². The van der Waals surface area contributed by atoms with Crippen molar-refractivity contribution < 1.29 is 43.3 Å². The monoisotopic (exact) mass is 741 g/mol. The summed E-state index contributed by atoms with van der Waals surface area (Å²) in [5, 5.41) is 16.9. The Morgan fingerprint density at radius 2 is 1.76 bits per heavy atom. The van der Waals surface area contributed by atoms with E-state index in [1.165, 1.54) is 40.9 Å². The van der Waals surface area contributed by atoms with Gasteiger partial charge in [0.1, 0.15) is 22.8 Å². The molecule has 50 heavy (non-hydrogen) atoms. The number of methoxy groups -OCH3 is 1. The average molecular weight is 742 g/mol. The van der Waals surface area contributed by atoms with Crippen molar-refractivity contribution in [2.24, 2.45) is 5.16 Å². The van der Waals surface area contributed by atoms with Gasteiger partial charge in [-0.25, -0.2) is 14.6 Å². The molecule has 4 N–H and O–H groups in total. The lowest BCUT2D eigenvalue weighted by Crippen LogP contribution is -2.71. The largest absolute Gasteiger partial charge is 0.477 e. The van der Waals surface area contributed by atoms with E-state index in [1.54, 1.807) is 20.8 Å². The zero-order valence-corrected chi connectivity index (χ0v) is 29.9. The number of thioether (sulfide) groups is 2. The first-order chi connectivity index (χ1) is 23.9. The third-order valence-electron chi connectivity index (χ3n) is 7.08. The zero-order chi connectivity index (χ0) is 36.0. The molecule has 1 unspecified atom stereocenters. The second kappa shape index (κ2) is 16.1. The number of ether oxygens (including phenoxy) is 3. The Balaban J connectivity index is 1.39. The van der Waals surface area contributed by atoms with Crippen molar-refractivity contribution in [3.8, 4) is 0 Å². The van der Waals surface area contributed by atoms with E-state index in [0.29, 0.717) is 10.7 Å². The standard InChI is InChI=1S/C33H35N5O9S3/c1-33(2,3)46-31(29(41)42)47-37-22(20-15-49-32(34)35-20)26(39)36-23-27(40)38-24(21(50-17-44-4)16-48-28(23)38)30(43)45-25(18-11-7-5-8-12-18)19-13-9-6-10-14-19/h5-15,23,25,28,31H,16-17H2,1-4H3,(H2,34,35)(H,36,39)(H,41,42)/t23-,28-,31?/m1/s1. The first-order valence-corrected chi connectivity index (χ1v) is 18.1. The van der Waals surface area contributed by atoms with E-state index in [9.17, 15) is 24.3 Å². The number of aliphatic carboxylic acids is 1. The number of β-lactam (4-membered cyclic amide) rings is 1. The third-order valence-corrected chi connectivity index (χ3v) is 10.3. The number of anilines is 1. The van der Waals surface area contributed by atoms with Gasteiger partial charge in [-0.05, 0) is 31.9 Å². The number of carbonyl (C=O) groups excluding carboxylic acids is 3. The highest BCUT2D eigenvalue weighted by Gasteiger charge is 2.55. The molecule has 2 amide bonds. The van der Waals surface area contributed by atoms with Crippen molar-refractivity contribution in [3.05, 3.63) is 93.5 Å². The number of fused-ring (bicyclic) bond motifs is 1. The highest BCUT2D eigenvalue weighted by molar-refractivity contribution is 8.06. The molecule has 0 radical (unpaired) electrons. The van der Waals surface area contributed by atoms with Crippen LogP contribution < -0.4 is 11.1 Å². The number of thiazole rings is 1. The van der Waals surface area contributed by atoms with Crippen LogP contribution in [0.4, 0.5) is 5.13 Å². The number of rotatable bonds is 14. The van der Waals surface area contributed by atoms with Crippen LogP contribution in [0.25, 0.3) is 0 Å². The third kappa shape index (κ3) is 8.65. The lowest BCUT2D eigenvalue weighted by Gasteiger charge is -2.49.